The van der Waals surface area contributed by atoms with Crippen LogP contribution in [0.3, 0.4) is 0 Å². The van der Waals surface area contributed by atoms with Crippen LogP contribution in [0.25, 0.3) is 0 Å². The van der Waals surface area contributed by atoms with E-state index in [-0.39, 0.29) is 11.5 Å². The molecule has 1 unspecified atom stereocenters. The number of benzene rings is 1. The van der Waals surface area contributed by atoms with Gasteiger partial charge in [-0.05, 0) is 24.0 Å². The van der Waals surface area contributed by atoms with Crippen LogP contribution in [0.1, 0.15) is 57.4 Å². The van der Waals surface area contributed by atoms with E-state index in [9.17, 15) is 10.2 Å². The summed E-state index contributed by atoms with van der Waals surface area (Å²) in [6, 6.07) is 4.87. The zero-order valence-corrected chi connectivity index (χ0v) is 10.2. The van der Waals surface area contributed by atoms with Gasteiger partial charge in [0.05, 0.1) is 0 Å². The summed E-state index contributed by atoms with van der Waals surface area (Å²) < 4.78 is 0. The van der Waals surface area contributed by atoms with E-state index < -0.39 is 0 Å². The van der Waals surface area contributed by atoms with Crippen molar-refractivity contribution in [2.45, 2.75) is 51.9 Å². The van der Waals surface area contributed by atoms with E-state index >= 15 is 0 Å². The third kappa shape index (κ3) is 3.76. The Labute approximate surface area is 97.9 Å². The van der Waals surface area contributed by atoms with Crippen molar-refractivity contribution < 1.29 is 10.2 Å². The second-order valence-corrected chi connectivity index (χ2v) is 4.49. The predicted molar refractivity (Wildman–Crippen MR) is 66.9 cm³/mol. The first-order chi connectivity index (χ1) is 7.65. The minimum absolute atomic E-state index is 0.124. The Hall–Kier alpha value is -1.18. The number of unbranched alkanes of at least 4 members (excludes halogenated alkanes) is 3. The van der Waals surface area contributed by atoms with E-state index in [1.807, 2.05) is 6.07 Å². The lowest BCUT2D eigenvalue weighted by atomic mass is 9.94. The summed E-state index contributed by atoms with van der Waals surface area (Å²) >= 11 is 0. The van der Waals surface area contributed by atoms with Crippen LogP contribution in [0.15, 0.2) is 18.2 Å². The van der Waals surface area contributed by atoms with E-state index in [1.165, 1.54) is 31.7 Å². The summed E-state index contributed by atoms with van der Waals surface area (Å²) in [5.41, 5.74) is 0.939. The van der Waals surface area contributed by atoms with E-state index in [0.717, 1.165) is 12.0 Å². The fourth-order valence-electron chi connectivity index (χ4n) is 1.98. The number of phenols is 2. The summed E-state index contributed by atoms with van der Waals surface area (Å²) in [6.07, 6.45) is 6.10. The molecular formula is C14H22O2. The topological polar surface area (TPSA) is 40.5 Å². The van der Waals surface area contributed by atoms with Gasteiger partial charge in [0.2, 0.25) is 0 Å². The molecule has 1 atom stereocenters. The highest BCUT2D eigenvalue weighted by atomic mass is 16.3. The van der Waals surface area contributed by atoms with Crippen molar-refractivity contribution in [1.82, 2.24) is 0 Å². The van der Waals surface area contributed by atoms with Crippen LogP contribution >= 0.6 is 0 Å². The second kappa shape index (κ2) is 6.41. The first kappa shape index (κ1) is 12.9. The number of phenolic OH excluding ortho intramolecular Hbond substituents is 2. The highest BCUT2D eigenvalue weighted by molar-refractivity contribution is 5.40. The lowest BCUT2D eigenvalue weighted by molar-refractivity contribution is 0.439. The van der Waals surface area contributed by atoms with Gasteiger partial charge in [0.15, 0.2) is 0 Å². The van der Waals surface area contributed by atoms with Gasteiger partial charge in [0.1, 0.15) is 11.5 Å². The molecule has 0 aliphatic rings. The van der Waals surface area contributed by atoms with Gasteiger partial charge in [-0.1, -0.05) is 45.6 Å². The summed E-state index contributed by atoms with van der Waals surface area (Å²) in [5, 5.41) is 18.9. The molecule has 0 fully saturated rings. The summed E-state index contributed by atoms with van der Waals surface area (Å²) in [5.74, 6) is 0.694. The predicted octanol–water partition coefficient (Wildman–Crippen LogP) is 4.17. The molecule has 0 aliphatic carbocycles. The molecule has 1 rings (SSSR count). The zero-order chi connectivity index (χ0) is 12.0. The van der Waals surface area contributed by atoms with Gasteiger partial charge in [0, 0.05) is 6.07 Å². The average molecular weight is 222 g/mol. The first-order valence-electron chi connectivity index (χ1n) is 6.17. The van der Waals surface area contributed by atoms with Crippen molar-refractivity contribution in [3.8, 4) is 11.5 Å². The Kier molecular flexibility index (Phi) is 5.17. The molecule has 90 valence electrons. The van der Waals surface area contributed by atoms with Crippen LogP contribution < -0.4 is 0 Å². The number of rotatable bonds is 6. The van der Waals surface area contributed by atoms with E-state index in [2.05, 4.69) is 13.8 Å². The Balaban J connectivity index is 2.49. The van der Waals surface area contributed by atoms with Gasteiger partial charge in [-0.15, -0.1) is 0 Å². The third-order valence-electron chi connectivity index (χ3n) is 3.04. The lowest BCUT2D eigenvalue weighted by Crippen LogP contribution is -1.94. The highest BCUT2D eigenvalue weighted by Gasteiger charge is 2.10. The van der Waals surface area contributed by atoms with Crippen molar-refractivity contribution in [1.29, 1.82) is 0 Å². The summed E-state index contributed by atoms with van der Waals surface area (Å²) in [4.78, 5) is 0. The van der Waals surface area contributed by atoms with Gasteiger partial charge in [-0.2, -0.15) is 0 Å². The van der Waals surface area contributed by atoms with Gasteiger partial charge >= 0.3 is 0 Å². The van der Waals surface area contributed by atoms with Gasteiger partial charge in [-0.3, -0.25) is 0 Å². The fourth-order valence-corrected chi connectivity index (χ4v) is 1.98. The zero-order valence-electron chi connectivity index (χ0n) is 10.2. The third-order valence-corrected chi connectivity index (χ3v) is 3.04. The van der Waals surface area contributed by atoms with E-state index in [0.29, 0.717) is 5.92 Å². The van der Waals surface area contributed by atoms with E-state index in [1.54, 1.807) is 6.07 Å². The van der Waals surface area contributed by atoms with Crippen LogP contribution in [0.2, 0.25) is 0 Å². The Morgan fingerprint density at radius 2 is 1.88 bits per heavy atom. The van der Waals surface area contributed by atoms with Crippen molar-refractivity contribution in [2.24, 2.45) is 0 Å². The molecule has 0 amide bonds. The maximum absolute atomic E-state index is 9.70. The van der Waals surface area contributed by atoms with Crippen molar-refractivity contribution >= 4 is 0 Å². The molecule has 0 heterocycles. The van der Waals surface area contributed by atoms with Crippen molar-refractivity contribution in [3.05, 3.63) is 23.8 Å². The standard InChI is InChI=1S/C14H22O2/c1-3-4-5-6-7-11(2)13-9-8-12(15)10-14(13)16/h8-11,15-16H,3-7H2,1-2H3. The molecule has 0 spiro atoms. The van der Waals surface area contributed by atoms with Crippen LogP contribution in [-0.2, 0) is 0 Å². The molecule has 0 saturated heterocycles. The lowest BCUT2D eigenvalue weighted by Gasteiger charge is -2.13. The smallest absolute Gasteiger partial charge is 0.122 e. The first-order valence-corrected chi connectivity index (χ1v) is 6.17. The monoisotopic (exact) mass is 222 g/mol. The van der Waals surface area contributed by atoms with Crippen molar-refractivity contribution in [3.63, 3.8) is 0 Å². The van der Waals surface area contributed by atoms with E-state index in [4.69, 9.17) is 0 Å². The number of aromatic hydroxyl groups is 2. The molecule has 0 aliphatic heterocycles. The Morgan fingerprint density at radius 3 is 2.50 bits per heavy atom. The molecule has 0 bridgehead atoms. The van der Waals surface area contributed by atoms with Gasteiger partial charge in [-0.25, -0.2) is 0 Å². The van der Waals surface area contributed by atoms with Crippen molar-refractivity contribution in [2.75, 3.05) is 0 Å². The molecule has 2 N–H and O–H groups in total. The second-order valence-electron chi connectivity index (χ2n) is 4.49. The molecule has 16 heavy (non-hydrogen) atoms. The molecule has 2 nitrogen and oxygen atoms in total. The maximum Gasteiger partial charge on any atom is 0.122 e. The van der Waals surface area contributed by atoms with Crippen LogP contribution in [0.5, 0.6) is 11.5 Å². The highest BCUT2D eigenvalue weighted by Crippen LogP contribution is 2.31. The number of hydrogen-bond acceptors (Lipinski definition) is 2. The van der Waals surface area contributed by atoms with Gasteiger partial charge < -0.3 is 10.2 Å². The SMILES string of the molecule is CCCCCCC(C)c1ccc(O)cc1O. The van der Waals surface area contributed by atoms with Crippen LogP contribution in [0.4, 0.5) is 0 Å². The summed E-state index contributed by atoms with van der Waals surface area (Å²) in [7, 11) is 0. The molecule has 2 heteroatoms. The van der Waals surface area contributed by atoms with Gasteiger partial charge in [0.25, 0.3) is 0 Å². The fraction of sp³-hybridized carbons (Fsp3) is 0.571. The molecule has 0 radical (unpaired) electrons. The molecule has 1 aromatic rings. The molecule has 0 saturated carbocycles. The maximum atomic E-state index is 9.70. The largest absolute Gasteiger partial charge is 0.508 e. The number of hydrogen-bond donors (Lipinski definition) is 2. The molecule has 0 aromatic heterocycles. The molecular weight excluding hydrogens is 200 g/mol. The normalized spacial score (nSPS) is 12.6. The average Bonchev–Trinajstić information content (AvgIpc) is 2.24. The Morgan fingerprint density at radius 1 is 1.12 bits per heavy atom. The quantitative estimate of drug-likeness (QED) is 0.709. The Bertz CT molecular complexity index is 321. The minimum Gasteiger partial charge on any atom is -0.508 e. The molecule has 1 aromatic carbocycles. The van der Waals surface area contributed by atoms with Crippen LogP contribution in [0, 0.1) is 0 Å². The summed E-state index contributed by atoms with van der Waals surface area (Å²) in [6.45, 7) is 4.33. The van der Waals surface area contributed by atoms with Crippen LogP contribution in [-0.4, -0.2) is 10.2 Å². The minimum atomic E-state index is 0.124.